The zero-order valence-corrected chi connectivity index (χ0v) is 13.7. The zero-order chi connectivity index (χ0) is 15.4. The number of amides is 1. The number of aromatic nitrogens is 3. The summed E-state index contributed by atoms with van der Waals surface area (Å²) in [5.74, 6) is 0.853. The molecule has 1 atom stereocenters. The van der Waals surface area contributed by atoms with Crippen LogP contribution < -0.4 is 5.32 Å². The predicted octanol–water partition coefficient (Wildman–Crippen LogP) is 2.67. The van der Waals surface area contributed by atoms with Gasteiger partial charge in [0.1, 0.15) is 12.7 Å². The van der Waals surface area contributed by atoms with Crippen LogP contribution in [0, 0.1) is 5.92 Å². The van der Waals surface area contributed by atoms with Crippen molar-refractivity contribution < 1.29 is 4.79 Å². The fourth-order valence-electron chi connectivity index (χ4n) is 2.94. The Morgan fingerprint density at radius 1 is 1.55 bits per heavy atom. The van der Waals surface area contributed by atoms with E-state index in [1.54, 1.807) is 22.3 Å². The smallest absolute Gasteiger partial charge is 0.261 e. The van der Waals surface area contributed by atoms with Crippen molar-refractivity contribution in [3.63, 3.8) is 0 Å². The van der Waals surface area contributed by atoms with Crippen molar-refractivity contribution >= 4 is 17.2 Å². The summed E-state index contributed by atoms with van der Waals surface area (Å²) in [5, 5.41) is 7.05. The lowest BCUT2D eigenvalue weighted by atomic mass is 9.87. The van der Waals surface area contributed by atoms with Gasteiger partial charge in [0, 0.05) is 18.0 Å². The summed E-state index contributed by atoms with van der Waals surface area (Å²) in [5.41, 5.74) is 1.40. The van der Waals surface area contributed by atoms with Crippen molar-refractivity contribution in [2.45, 2.75) is 45.6 Å². The summed E-state index contributed by atoms with van der Waals surface area (Å²) in [6.07, 6.45) is 8.86. The van der Waals surface area contributed by atoms with Gasteiger partial charge in [0.25, 0.3) is 5.91 Å². The first-order chi connectivity index (χ1) is 10.8. The number of nitrogens with one attached hydrogen (secondary N) is 1. The molecule has 0 saturated heterocycles. The molecule has 0 spiro atoms. The summed E-state index contributed by atoms with van der Waals surface area (Å²) >= 11 is 1.67. The van der Waals surface area contributed by atoms with E-state index in [1.165, 1.54) is 29.6 Å². The molecule has 2 heterocycles. The molecule has 5 nitrogen and oxygen atoms in total. The number of fused-ring (bicyclic) bond motifs is 1. The van der Waals surface area contributed by atoms with Crippen LogP contribution in [0.5, 0.6) is 0 Å². The van der Waals surface area contributed by atoms with Gasteiger partial charge in [0.2, 0.25) is 0 Å². The average molecular weight is 318 g/mol. The normalized spacial score (nSPS) is 17.2. The topological polar surface area (TPSA) is 59.8 Å². The second-order valence-corrected chi connectivity index (χ2v) is 6.98. The van der Waals surface area contributed by atoms with Gasteiger partial charge >= 0.3 is 0 Å². The first-order valence-corrected chi connectivity index (χ1v) is 8.80. The van der Waals surface area contributed by atoms with Gasteiger partial charge < -0.3 is 5.32 Å². The minimum atomic E-state index is 0.0611. The summed E-state index contributed by atoms with van der Waals surface area (Å²) < 4.78 is 1.78. The number of aryl methyl sites for hydroxylation is 2. The van der Waals surface area contributed by atoms with Gasteiger partial charge in [0.05, 0.1) is 4.88 Å². The molecule has 1 N–H and O–H groups in total. The van der Waals surface area contributed by atoms with Crippen LogP contribution in [-0.2, 0) is 19.4 Å². The Balaban J connectivity index is 1.49. The second kappa shape index (κ2) is 7.05. The van der Waals surface area contributed by atoms with Crippen molar-refractivity contribution in [1.29, 1.82) is 0 Å². The molecule has 0 unspecified atom stereocenters. The molecular formula is C16H22N4OS. The Hall–Kier alpha value is -1.69. The molecule has 0 bridgehead atoms. The molecule has 0 saturated carbocycles. The first-order valence-electron chi connectivity index (χ1n) is 7.98. The largest absolute Gasteiger partial charge is 0.351 e. The van der Waals surface area contributed by atoms with E-state index in [4.69, 9.17) is 0 Å². The number of hydrogen-bond acceptors (Lipinski definition) is 4. The van der Waals surface area contributed by atoms with Crippen LogP contribution in [-0.4, -0.2) is 27.2 Å². The predicted molar refractivity (Wildman–Crippen MR) is 87.1 cm³/mol. The third-order valence-corrected chi connectivity index (χ3v) is 5.54. The lowest BCUT2D eigenvalue weighted by Crippen LogP contribution is -2.24. The Morgan fingerprint density at radius 2 is 2.45 bits per heavy atom. The fraction of sp³-hybridized carbons (Fsp3) is 0.562. The van der Waals surface area contributed by atoms with Gasteiger partial charge in [-0.25, -0.2) is 4.98 Å². The molecule has 2 aromatic rings. The summed E-state index contributed by atoms with van der Waals surface area (Å²) in [4.78, 5) is 18.4. The summed E-state index contributed by atoms with van der Waals surface area (Å²) in [6, 6.07) is 2.11. The van der Waals surface area contributed by atoms with E-state index in [1.807, 2.05) is 0 Å². The number of hydrogen-bond donors (Lipinski definition) is 1. The van der Waals surface area contributed by atoms with Crippen LogP contribution in [0.25, 0.3) is 0 Å². The molecule has 6 heteroatoms. The summed E-state index contributed by atoms with van der Waals surface area (Å²) in [6.45, 7) is 3.70. The standard InChI is InChI=1S/C16H22N4OS/c1-2-12-4-5-14-13(8-12)9-15(22-14)16(21)18-6-3-7-20-11-17-10-19-20/h9-12H,2-8H2,1H3,(H,18,21)/t12-/m1/s1. The minimum absolute atomic E-state index is 0.0611. The molecule has 0 radical (unpaired) electrons. The number of rotatable bonds is 6. The van der Waals surface area contributed by atoms with Crippen molar-refractivity contribution in [2.75, 3.05) is 6.54 Å². The molecule has 1 aliphatic carbocycles. The van der Waals surface area contributed by atoms with Gasteiger partial charge in [-0.1, -0.05) is 13.3 Å². The van der Waals surface area contributed by atoms with E-state index >= 15 is 0 Å². The first kappa shape index (κ1) is 15.2. The van der Waals surface area contributed by atoms with Crippen LogP contribution in [0.4, 0.5) is 0 Å². The maximum absolute atomic E-state index is 12.2. The molecule has 0 aliphatic heterocycles. The lowest BCUT2D eigenvalue weighted by Gasteiger charge is -2.19. The van der Waals surface area contributed by atoms with Crippen LogP contribution in [0.3, 0.4) is 0 Å². The maximum Gasteiger partial charge on any atom is 0.261 e. The highest BCUT2D eigenvalue weighted by molar-refractivity contribution is 7.14. The molecule has 3 rings (SSSR count). The third-order valence-electron chi connectivity index (χ3n) is 4.30. The van der Waals surface area contributed by atoms with Crippen LogP contribution in [0.1, 0.15) is 46.3 Å². The zero-order valence-electron chi connectivity index (χ0n) is 12.9. The molecule has 22 heavy (non-hydrogen) atoms. The van der Waals surface area contributed by atoms with E-state index in [2.05, 4.69) is 28.4 Å². The van der Waals surface area contributed by atoms with Gasteiger partial charge in [-0.3, -0.25) is 9.48 Å². The highest BCUT2D eigenvalue weighted by Gasteiger charge is 2.21. The van der Waals surface area contributed by atoms with Crippen molar-refractivity contribution in [2.24, 2.45) is 5.92 Å². The number of carbonyl (C=O) groups is 1. The lowest BCUT2D eigenvalue weighted by molar-refractivity contribution is 0.0956. The Labute approximate surface area is 134 Å². The fourth-order valence-corrected chi connectivity index (χ4v) is 4.06. The van der Waals surface area contributed by atoms with E-state index in [0.29, 0.717) is 6.54 Å². The molecule has 2 aromatic heterocycles. The highest BCUT2D eigenvalue weighted by atomic mass is 32.1. The SMILES string of the molecule is CC[C@@H]1CCc2sc(C(=O)NCCCn3cncn3)cc2C1. The van der Waals surface area contributed by atoms with Crippen molar-refractivity contribution in [3.05, 3.63) is 34.0 Å². The van der Waals surface area contributed by atoms with E-state index in [9.17, 15) is 4.79 Å². The van der Waals surface area contributed by atoms with Crippen LogP contribution in [0.2, 0.25) is 0 Å². The molecule has 118 valence electrons. The quantitative estimate of drug-likeness (QED) is 0.833. The number of carbonyl (C=O) groups excluding carboxylic acids is 1. The molecular weight excluding hydrogens is 296 g/mol. The van der Waals surface area contributed by atoms with Gasteiger partial charge in [-0.2, -0.15) is 5.10 Å². The van der Waals surface area contributed by atoms with E-state index in [-0.39, 0.29) is 5.91 Å². The molecule has 0 fully saturated rings. The van der Waals surface area contributed by atoms with E-state index in [0.717, 1.165) is 36.6 Å². The Morgan fingerprint density at radius 3 is 3.23 bits per heavy atom. The van der Waals surface area contributed by atoms with Gasteiger partial charge in [0.15, 0.2) is 0 Å². The Bertz CT molecular complexity index is 620. The third kappa shape index (κ3) is 3.55. The van der Waals surface area contributed by atoms with E-state index < -0.39 is 0 Å². The maximum atomic E-state index is 12.2. The molecule has 1 aliphatic rings. The van der Waals surface area contributed by atoms with Crippen molar-refractivity contribution in [1.82, 2.24) is 20.1 Å². The molecule has 1 amide bonds. The summed E-state index contributed by atoms with van der Waals surface area (Å²) in [7, 11) is 0. The van der Waals surface area contributed by atoms with Crippen LogP contribution in [0.15, 0.2) is 18.7 Å². The number of nitrogens with zero attached hydrogens (tertiary/aromatic N) is 3. The number of thiophene rings is 1. The van der Waals surface area contributed by atoms with Crippen LogP contribution >= 0.6 is 11.3 Å². The highest BCUT2D eigenvalue weighted by Crippen LogP contribution is 2.33. The Kier molecular flexibility index (Phi) is 4.87. The van der Waals surface area contributed by atoms with Crippen molar-refractivity contribution in [3.8, 4) is 0 Å². The van der Waals surface area contributed by atoms with Gasteiger partial charge in [-0.15, -0.1) is 11.3 Å². The second-order valence-electron chi connectivity index (χ2n) is 5.84. The molecule has 0 aromatic carbocycles. The van der Waals surface area contributed by atoms with Gasteiger partial charge in [-0.05, 0) is 43.2 Å². The minimum Gasteiger partial charge on any atom is -0.351 e. The monoisotopic (exact) mass is 318 g/mol. The average Bonchev–Trinajstić information content (AvgIpc) is 3.19.